The lowest BCUT2D eigenvalue weighted by molar-refractivity contribution is 0.104. The Kier molecular flexibility index (Phi) is 4.78. The fraction of sp³-hybridized carbons (Fsp3) is 0.190. The van der Waals surface area contributed by atoms with Gasteiger partial charge in [-0.05, 0) is 44.0 Å². The second kappa shape index (κ2) is 8.25. The molecule has 0 aliphatic carbocycles. The fourth-order valence-corrected chi connectivity index (χ4v) is 2.20. The van der Waals surface area contributed by atoms with Crippen molar-refractivity contribution in [2.24, 2.45) is 0 Å². The number of hydrogen-bond donors (Lipinski definition) is 3. The van der Waals surface area contributed by atoms with E-state index in [9.17, 15) is 20.1 Å². The van der Waals surface area contributed by atoms with Gasteiger partial charge in [0.05, 0.1) is 11.2 Å². The lowest BCUT2D eigenvalue weighted by Crippen LogP contribution is -2.02. The van der Waals surface area contributed by atoms with Crippen LogP contribution < -0.4 is 4.74 Å². The molecule has 0 heterocycles. The Hall–Kier alpha value is -3.21. The Morgan fingerprint density at radius 2 is 1.88 bits per heavy atom. The molecule has 0 aliphatic heterocycles. The minimum Gasteiger partial charge on any atom is -0.508 e. The van der Waals surface area contributed by atoms with E-state index >= 15 is 0 Å². The standard InChI is InChI=1S/C21H22O5/c1-13(2)4-10-16-18(24)12-19(26-3)20(21(16)25)17(23)11-7-14-5-8-15(22)9-6-14/h4-9,11-12,22,24-25H,10H2,1-3H3/b11-7+/i4D,11D,12D. The molecule has 0 fully saturated rings. The molecule has 0 unspecified atom stereocenters. The summed E-state index contributed by atoms with van der Waals surface area (Å²) in [7, 11) is 1.18. The second-order valence-corrected chi connectivity index (χ2v) is 5.77. The van der Waals surface area contributed by atoms with Gasteiger partial charge in [0.25, 0.3) is 0 Å². The maximum absolute atomic E-state index is 12.9. The van der Waals surface area contributed by atoms with Crippen LogP contribution in [0.2, 0.25) is 0 Å². The molecule has 136 valence electrons. The first-order chi connectivity index (χ1) is 13.6. The second-order valence-electron chi connectivity index (χ2n) is 5.77. The molecule has 26 heavy (non-hydrogen) atoms. The zero-order valence-corrected chi connectivity index (χ0v) is 14.8. The van der Waals surface area contributed by atoms with Gasteiger partial charge in [-0.25, -0.2) is 0 Å². The number of carbonyl (C=O) groups is 1. The number of methoxy groups -OCH3 is 1. The lowest BCUT2D eigenvalue weighted by Gasteiger charge is -2.13. The summed E-state index contributed by atoms with van der Waals surface area (Å²) in [5.74, 6) is -2.45. The van der Waals surface area contributed by atoms with Gasteiger partial charge in [-0.1, -0.05) is 29.8 Å². The molecule has 2 aromatic carbocycles. The topological polar surface area (TPSA) is 87.0 Å². The average molecular weight is 357 g/mol. The first-order valence-electron chi connectivity index (χ1n) is 9.34. The summed E-state index contributed by atoms with van der Waals surface area (Å²) >= 11 is 0. The Labute approximate surface area is 156 Å². The van der Waals surface area contributed by atoms with Gasteiger partial charge in [-0.2, -0.15) is 0 Å². The third-order valence-corrected chi connectivity index (χ3v) is 3.58. The van der Waals surface area contributed by atoms with Gasteiger partial charge in [-0.15, -0.1) is 0 Å². The average Bonchev–Trinajstić information content (AvgIpc) is 2.68. The molecule has 3 N–H and O–H groups in total. The van der Waals surface area contributed by atoms with Crippen LogP contribution in [0, 0.1) is 0 Å². The van der Waals surface area contributed by atoms with Crippen LogP contribution in [0.3, 0.4) is 0 Å². The molecule has 2 aromatic rings. The van der Waals surface area contributed by atoms with Crippen molar-refractivity contribution < 1.29 is 29.0 Å². The number of phenolic OH excluding ortho intramolecular Hbond substituents is 3. The van der Waals surface area contributed by atoms with Crippen molar-refractivity contribution in [2.75, 3.05) is 7.11 Å². The van der Waals surface area contributed by atoms with Crippen molar-refractivity contribution in [3.63, 3.8) is 0 Å². The van der Waals surface area contributed by atoms with E-state index in [-0.39, 0.29) is 29.5 Å². The zero-order valence-electron chi connectivity index (χ0n) is 17.8. The van der Waals surface area contributed by atoms with Gasteiger partial charge in [0, 0.05) is 11.6 Å². The van der Waals surface area contributed by atoms with Gasteiger partial charge in [-0.3, -0.25) is 4.79 Å². The van der Waals surface area contributed by atoms with Crippen molar-refractivity contribution in [1.82, 2.24) is 0 Å². The number of hydrogen-bond acceptors (Lipinski definition) is 5. The predicted octanol–water partition coefficient (Wildman–Crippen LogP) is 4.22. The predicted molar refractivity (Wildman–Crippen MR) is 101 cm³/mol. The number of benzene rings is 2. The molecule has 0 atom stereocenters. The van der Waals surface area contributed by atoms with E-state index in [1.807, 2.05) is 0 Å². The number of ether oxygens (including phenoxy) is 1. The summed E-state index contributed by atoms with van der Waals surface area (Å²) in [4.78, 5) is 12.9. The van der Waals surface area contributed by atoms with E-state index in [1.165, 1.54) is 37.5 Å². The number of carbonyl (C=O) groups excluding carboxylic acids is 1. The molecular weight excluding hydrogens is 332 g/mol. The first-order valence-corrected chi connectivity index (χ1v) is 7.84. The Balaban J connectivity index is 2.63. The largest absolute Gasteiger partial charge is 0.508 e. The van der Waals surface area contributed by atoms with Crippen LogP contribution >= 0.6 is 0 Å². The Morgan fingerprint density at radius 3 is 2.46 bits per heavy atom. The summed E-state index contributed by atoms with van der Waals surface area (Å²) in [6, 6.07) is 4.93. The van der Waals surface area contributed by atoms with Gasteiger partial charge < -0.3 is 20.1 Å². The van der Waals surface area contributed by atoms with Crippen molar-refractivity contribution in [3.8, 4) is 23.0 Å². The molecule has 0 saturated carbocycles. The van der Waals surface area contributed by atoms with Crippen LogP contribution in [0.15, 0.2) is 48.0 Å². The van der Waals surface area contributed by atoms with E-state index in [0.29, 0.717) is 11.1 Å². The summed E-state index contributed by atoms with van der Waals surface area (Å²) in [6.07, 6.45) is 1.05. The molecule has 0 aromatic heterocycles. The van der Waals surface area contributed by atoms with Gasteiger partial charge in [0.2, 0.25) is 0 Å². The summed E-state index contributed by atoms with van der Waals surface area (Å²) < 4.78 is 29.2. The zero-order chi connectivity index (χ0) is 21.9. The van der Waals surface area contributed by atoms with E-state index < -0.39 is 34.9 Å². The van der Waals surface area contributed by atoms with Crippen LogP contribution in [-0.4, -0.2) is 28.2 Å². The molecule has 0 saturated heterocycles. The number of rotatable bonds is 6. The van der Waals surface area contributed by atoms with E-state index in [0.717, 1.165) is 0 Å². The van der Waals surface area contributed by atoms with Crippen molar-refractivity contribution in [1.29, 1.82) is 0 Å². The molecule has 0 bridgehead atoms. The monoisotopic (exact) mass is 357 g/mol. The smallest absolute Gasteiger partial charge is 0.193 e. The molecule has 0 amide bonds. The van der Waals surface area contributed by atoms with Crippen molar-refractivity contribution in [2.45, 2.75) is 20.3 Å². The molecule has 2 rings (SSSR count). The van der Waals surface area contributed by atoms with E-state index in [2.05, 4.69) is 0 Å². The fourth-order valence-electron chi connectivity index (χ4n) is 2.20. The normalized spacial score (nSPS) is 12.7. The number of allylic oxidation sites excluding steroid dienone is 3. The van der Waals surface area contributed by atoms with Crippen molar-refractivity contribution in [3.05, 3.63) is 64.7 Å². The van der Waals surface area contributed by atoms with Gasteiger partial charge >= 0.3 is 0 Å². The highest BCUT2D eigenvalue weighted by atomic mass is 16.5. The maximum atomic E-state index is 12.9. The third-order valence-electron chi connectivity index (χ3n) is 3.58. The SMILES string of the molecule is [2H]C(Cc1c(O)c([2H])c(OC)c(C(=O)/C([2H])=C/c2ccc(O)cc2)c1O)=C(C)C. The molecule has 0 spiro atoms. The summed E-state index contributed by atoms with van der Waals surface area (Å²) in [5.41, 5.74) is 0.546. The van der Waals surface area contributed by atoms with Crippen LogP contribution in [0.1, 0.15) is 39.4 Å². The highest BCUT2D eigenvalue weighted by Gasteiger charge is 2.21. The minimum atomic E-state index is -0.911. The first kappa shape index (κ1) is 15.1. The molecule has 0 radical (unpaired) electrons. The lowest BCUT2D eigenvalue weighted by atomic mass is 9.99. The number of aromatic hydroxyl groups is 3. The van der Waals surface area contributed by atoms with Crippen LogP contribution in [0.4, 0.5) is 0 Å². The molecule has 5 heteroatoms. The third kappa shape index (κ3) is 4.45. The molecule has 5 nitrogen and oxygen atoms in total. The Morgan fingerprint density at radius 1 is 1.23 bits per heavy atom. The van der Waals surface area contributed by atoms with E-state index in [1.54, 1.807) is 13.8 Å². The number of ketones is 1. The van der Waals surface area contributed by atoms with Crippen LogP contribution in [0.5, 0.6) is 23.0 Å². The molecular formula is C21H22O5. The minimum absolute atomic E-state index is 0.0341. The number of phenols is 3. The molecule has 0 aliphatic rings. The highest BCUT2D eigenvalue weighted by Crippen LogP contribution is 2.39. The van der Waals surface area contributed by atoms with Crippen molar-refractivity contribution >= 4 is 11.9 Å². The Bertz CT molecular complexity index is 1000. The summed E-state index contributed by atoms with van der Waals surface area (Å²) in [5, 5.41) is 30.3. The van der Waals surface area contributed by atoms with Gasteiger partial charge in [0.1, 0.15) is 28.6 Å². The maximum Gasteiger partial charge on any atom is 0.193 e. The quantitative estimate of drug-likeness (QED) is 0.409. The van der Waals surface area contributed by atoms with Crippen LogP contribution in [-0.2, 0) is 6.42 Å². The van der Waals surface area contributed by atoms with Crippen LogP contribution in [0.25, 0.3) is 6.08 Å². The summed E-state index contributed by atoms with van der Waals surface area (Å²) in [6.45, 7) is 3.38. The highest BCUT2D eigenvalue weighted by molar-refractivity contribution is 6.11. The van der Waals surface area contributed by atoms with E-state index in [4.69, 9.17) is 8.85 Å². The van der Waals surface area contributed by atoms with Gasteiger partial charge in [0.15, 0.2) is 5.78 Å².